The van der Waals surface area contributed by atoms with Crippen molar-refractivity contribution in [3.8, 4) is 11.3 Å². The van der Waals surface area contributed by atoms with Gasteiger partial charge in [-0.3, -0.25) is 9.88 Å². The van der Waals surface area contributed by atoms with E-state index in [2.05, 4.69) is 35.1 Å². The van der Waals surface area contributed by atoms with Gasteiger partial charge in [0.05, 0.1) is 11.0 Å². The normalized spacial score (nSPS) is 14.4. The van der Waals surface area contributed by atoms with Crippen LogP contribution in [0, 0.1) is 0 Å². The number of amides is 1. The highest BCUT2D eigenvalue weighted by atomic mass is 16.6. The Bertz CT molecular complexity index is 1450. The average molecular weight is 530 g/mol. The minimum absolute atomic E-state index is 0.245. The van der Waals surface area contributed by atoms with Gasteiger partial charge in [-0.2, -0.15) is 0 Å². The number of hydrogen-bond acceptors (Lipinski definition) is 9. The maximum absolute atomic E-state index is 12.3. The standard InChI is InChI=1S/C28H35N9O2/c1-28(2,3)39-27(38)37-14-12-36(13-15-37)18-19-8-9-29-23(16-19)34-26-32-21-7-6-20(17-22(21)33-26)24-25(35(4)5)31-11-10-30-24/h6-11,16-17H,12-15,18H2,1-5H3,(H2,29,32,33,34). The molecule has 0 saturated carbocycles. The summed E-state index contributed by atoms with van der Waals surface area (Å²) >= 11 is 0. The summed E-state index contributed by atoms with van der Waals surface area (Å²) in [4.78, 5) is 39.9. The van der Waals surface area contributed by atoms with E-state index in [1.165, 1.54) is 0 Å². The number of ether oxygens (including phenoxy) is 1. The van der Waals surface area contributed by atoms with Crippen LogP contribution in [-0.4, -0.2) is 86.7 Å². The van der Waals surface area contributed by atoms with Crippen molar-refractivity contribution in [1.29, 1.82) is 0 Å². The number of fused-ring (bicyclic) bond motifs is 1. The monoisotopic (exact) mass is 529 g/mol. The van der Waals surface area contributed by atoms with Crippen LogP contribution in [0.4, 0.5) is 22.4 Å². The molecule has 3 aromatic heterocycles. The van der Waals surface area contributed by atoms with E-state index < -0.39 is 5.60 Å². The highest BCUT2D eigenvalue weighted by Gasteiger charge is 2.26. The minimum Gasteiger partial charge on any atom is -0.444 e. The maximum atomic E-state index is 12.3. The van der Waals surface area contributed by atoms with Crippen LogP contribution >= 0.6 is 0 Å². The number of benzene rings is 1. The van der Waals surface area contributed by atoms with E-state index >= 15 is 0 Å². The number of rotatable bonds is 6. The van der Waals surface area contributed by atoms with Crippen LogP contribution in [0.3, 0.4) is 0 Å². The molecule has 0 radical (unpaired) electrons. The molecular formula is C28H35N9O2. The third-order valence-corrected chi connectivity index (χ3v) is 6.36. The van der Waals surface area contributed by atoms with Gasteiger partial charge in [0.2, 0.25) is 5.95 Å². The van der Waals surface area contributed by atoms with E-state index in [1.54, 1.807) is 23.5 Å². The van der Waals surface area contributed by atoms with E-state index in [0.717, 1.165) is 53.3 Å². The molecule has 1 fully saturated rings. The van der Waals surface area contributed by atoms with Crippen LogP contribution in [0.5, 0.6) is 0 Å². The number of aromatic nitrogens is 5. The molecule has 1 aromatic carbocycles. The lowest BCUT2D eigenvalue weighted by molar-refractivity contribution is 0.0139. The Hall–Kier alpha value is -4.25. The summed E-state index contributed by atoms with van der Waals surface area (Å²) in [6.45, 7) is 9.32. The average Bonchev–Trinajstić information content (AvgIpc) is 3.29. The van der Waals surface area contributed by atoms with E-state index in [9.17, 15) is 4.79 Å². The van der Waals surface area contributed by atoms with Gasteiger partial charge in [-0.25, -0.2) is 19.7 Å². The first-order chi connectivity index (χ1) is 18.6. The molecule has 5 rings (SSSR count). The lowest BCUT2D eigenvalue weighted by atomic mass is 10.1. The van der Waals surface area contributed by atoms with E-state index in [0.29, 0.717) is 24.9 Å². The van der Waals surface area contributed by atoms with Gasteiger partial charge in [-0.1, -0.05) is 6.07 Å². The Kier molecular flexibility index (Phi) is 7.34. The Morgan fingerprint density at radius 1 is 1.03 bits per heavy atom. The first-order valence-corrected chi connectivity index (χ1v) is 13.1. The number of pyridine rings is 1. The van der Waals surface area contributed by atoms with Crippen LogP contribution in [0.25, 0.3) is 22.3 Å². The van der Waals surface area contributed by atoms with Crippen LogP contribution in [0.1, 0.15) is 26.3 Å². The summed E-state index contributed by atoms with van der Waals surface area (Å²) in [5, 5.41) is 3.30. The van der Waals surface area contributed by atoms with Crippen LogP contribution in [-0.2, 0) is 11.3 Å². The molecule has 11 heteroatoms. The Labute approximate surface area is 228 Å². The van der Waals surface area contributed by atoms with Crippen molar-refractivity contribution in [2.45, 2.75) is 32.9 Å². The van der Waals surface area contributed by atoms with Crippen LogP contribution < -0.4 is 10.2 Å². The highest BCUT2D eigenvalue weighted by Crippen LogP contribution is 2.28. The van der Waals surface area contributed by atoms with Crippen molar-refractivity contribution in [1.82, 2.24) is 34.7 Å². The molecular weight excluding hydrogens is 494 g/mol. The molecule has 204 valence electrons. The Morgan fingerprint density at radius 3 is 2.54 bits per heavy atom. The molecule has 1 aliphatic heterocycles. The SMILES string of the molecule is CN(C)c1nccnc1-c1ccc2nc(Nc3cc(CN4CCN(C(=O)OC(C)(C)C)CC4)ccn3)[nH]c2c1. The van der Waals surface area contributed by atoms with Crippen molar-refractivity contribution in [2.75, 3.05) is 50.5 Å². The predicted molar refractivity (Wildman–Crippen MR) is 152 cm³/mol. The molecule has 1 amide bonds. The molecule has 11 nitrogen and oxygen atoms in total. The van der Waals surface area contributed by atoms with Gasteiger partial charge in [0.1, 0.15) is 17.1 Å². The third-order valence-electron chi connectivity index (χ3n) is 6.36. The van der Waals surface area contributed by atoms with Gasteiger partial charge >= 0.3 is 6.09 Å². The van der Waals surface area contributed by atoms with Gasteiger partial charge in [0.15, 0.2) is 5.82 Å². The first kappa shape index (κ1) is 26.4. The number of carbonyl (C=O) groups is 1. The molecule has 1 aliphatic rings. The quantitative estimate of drug-likeness (QED) is 0.378. The molecule has 1 saturated heterocycles. The summed E-state index contributed by atoms with van der Waals surface area (Å²) in [6.07, 6.45) is 4.95. The van der Waals surface area contributed by atoms with E-state index in [4.69, 9.17) is 4.74 Å². The van der Waals surface area contributed by atoms with Crippen LogP contribution in [0.2, 0.25) is 0 Å². The van der Waals surface area contributed by atoms with Crippen LogP contribution in [0.15, 0.2) is 48.9 Å². The second-order valence-corrected chi connectivity index (χ2v) is 10.9. The summed E-state index contributed by atoms with van der Waals surface area (Å²) in [7, 11) is 3.91. The number of hydrogen-bond donors (Lipinski definition) is 2. The molecule has 0 bridgehead atoms. The third kappa shape index (κ3) is 6.43. The molecule has 39 heavy (non-hydrogen) atoms. The zero-order chi connectivity index (χ0) is 27.6. The fourth-order valence-corrected chi connectivity index (χ4v) is 4.51. The summed E-state index contributed by atoms with van der Waals surface area (Å²) in [5.41, 5.74) is 4.16. The Balaban J connectivity index is 1.23. The minimum atomic E-state index is -0.483. The second kappa shape index (κ2) is 10.9. The fraction of sp³-hybridized carbons (Fsp3) is 0.393. The fourth-order valence-electron chi connectivity index (χ4n) is 4.51. The van der Waals surface area contributed by atoms with Gasteiger partial charge in [0, 0.05) is 71.0 Å². The van der Waals surface area contributed by atoms with Crippen molar-refractivity contribution < 1.29 is 9.53 Å². The molecule has 2 N–H and O–H groups in total. The van der Waals surface area contributed by atoms with Crippen molar-refractivity contribution >= 4 is 34.7 Å². The van der Waals surface area contributed by atoms with E-state index in [-0.39, 0.29) is 6.09 Å². The topological polar surface area (TPSA) is 115 Å². The van der Waals surface area contributed by atoms with Gasteiger partial charge in [-0.15, -0.1) is 0 Å². The maximum Gasteiger partial charge on any atom is 0.410 e. The number of nitrogens with one attached hydrogen (secondary N) is 2. The number of piperazine rings is 1. The number of H-pyrrole nitrogens is 1. The lowest BCUT2D eigenvalue weighted by Gasteiger charge is -2.35. The largest absolute Gasteiger partial charge is 0.444 e. The van der Waals surface area contributed by atoms with Crippen molar-refractivity contribution in [3.63, 3.8) is 0 Å². The number of anilines is 3. The second-order valence-electron chi connectivity index (χ2n) is 10.9. The predicted octanol–water partition coefficient (Wildman–Crippen LogP) is 4.28. The van der Waals surface area contributed by atoms with Gasteiger partial charge < -0.3 is 24.8 Å². The van der Waals surface area contributed by atoms with E-state index in [1.807, 2.05) is 70.1 Å². The Morgan fingerprint density at radius 2 is 1.79 bits per heavy atom. The zero-order valence-electron chi connectivity index (χ0n) is 23.1. The summed E-state index contributed by atoms with van der Waals surface area (Å²) in [6, 6.07) is 10.1. The molecule has 0 unspecified atom stereocenters. The smallest absolute Gasteiger partial charge is 0.410 e. The number of imidazole rings is 1. The summed E-state index contributed by atoms with van der Waals surface area (Å²) < 4.78 is 5.50. The first-order valence-electron chi connectivity index (χ1n) is 13.1. The van der Waals surface area contributed by atoms with Gasteiger partial charge in [0.25, 0.3) is 0 Å². The molecule has 4 heterocycles. The number of nitrogens with zero attached hydrogens (tertiary/aromatic N) is 7. The van der Waals surface area contributed by atoms with Gasteiger partial charge in [-0.05, 0) is 50.6 Å². The lowest BCUT2D eigenvalue weighted by Crippen LogP contribution is -2.49. The summed E-state index contributed by atoms with van der Waals surface area (Å²) in [5.74, 6) is 2.13. The number of aromatic amines is 1. The van der Waals surface area contributed by atoms with Crippen molar-refractivity contribution in [3.05, 3.63) is 54.5 Å². The zero-order valence-corrected chi connectivity index (χ0v) is 23.1. The molecule has 0 spiro atoms. The molecule has 0 atom stereocenters. The van der Waals surface area contributed by atoms with Crippen molar-refractivity contribution in [2.24, 2.45) is 0 Å². The molecule has 4 aromatic rings. The highest BCUT2D eigenvalue weighted by molar-refractivity contribution is 5.85. The molecule has 0 aliphatic carbocycles. The number of carbonyl (C=O) groups excluding carboxylic acids is 1.